The smallest absolute Gasteiger partial charge is 0.100 e. The van der Waals surface area contributed by atoms with Crippen molar-refractivity contribution < 1.29 is 0 Å². The van der Waals surface area contributed by atoms with Gasteiger partial charge in [0.05, 0.1) is 5.56 Å². The number of benzene rings is 10. The second kappa shape index (κ2) is 17.1. The lowest BCUT2D eigenvalue weighted by Crippen LogP contribution is -1.96. The minimum atomic E-state index is 0.629. The van der Waals surface area contributed by atoms with Crippen LogP contribution < -0.4 is 0 Å². The number of nitriles is 1. The minimum Gasteiger partial charge on any atom is -0.192 e. The second-order valence-electron chi connectivity index (χ2n) is 15.7. The van der Waals surface area contributed by atoms with Crippen molar-refractivity contribution in [1.82, 2.24) is 0 Å². The molecule has 0 aliphatic carbocycles. The standard InChI is InChI=1S/C61H41N/c62-42-61-59(57-36-51(45-23-11-3-12-24-45)32-52(37-57)46-25-13-4-14-26-46)40-56(55-34-49(43-19-7-1-8-20-43)31-50(35-55)44-21-9-2-10-22-44)41-60(61)58-38-53(47-27-15-5-16-28-47)33-54(39-58)48-29-17-6-18-30-48/h1-41H. The Morgan fingerprint density at radius 3 is 0.581 bits per heavy atom. The Balaban J connectivity index is 1.29. The molecule has 1 heteroatoms. The van der Waals surface area contributed by atoms with E-state index in [1.807, 2.05) is 0 Å². The maximum atomic E-state index is 11.5. The zero-order valence-electron chi connectivity index (χ0n) is 34.1. The van der Waals surface area contributed by atoms with Gasteiger partial charge in [-0.15, -0.1) is 0 Å². The Morgan fingerprint density at radius 2 is 0.371 bits per heavy atom. The summed E-state index contributed by atoms with van der Waals surface area (Å²) in [7, 11) is 0. The van der Waals surface area contributed by atoms with Crippen LogP contribution in [0.2, 0.25) is 0 Å². The molecule has 62 heavy (non-hydrogen) atoms. The highest BCUT2D eigenvalue weighted by molar-refractivity contribution is 5.94. The highest BCUT2D eigenvalue weighted by Gasteiger charge is 2.20. The highest BCUT2D eigenvalue weighted by Crippen LogP contribution is 2.43. The van der Waals surface area contributed by atoms with Crippen LogP contribution in [0.15, 0.2) is 249 Å². The fourth-order valence-corrected chi connectivity index (χ4v) is 8.53. The molecule has 0 aliphatic rings. The third kappa shape index (κ3) is 7.90. The summed E-state index contributed by atoms with van der Waals surface area (Å²) in [4.78, 5) is 0. The van der Waals surface area contributed by atoms with Gasteiger partial charge in [0, 0.05) is 11.1 Å². The summed E-state index contributed by atoms with van der Waals surface area (Å²) in [6.45, 7) is 0. The molecule has 0 bridgehead atoms. The van der Waals surface area contributed by atoms with Gasteiger partial charge in [0.2, 0.25) is 0 Å². The Bertz CT molecular complexity index is 2860. The fourth-order valence-electron chi connectivity index (χ4n) is 8.53. The molecule has 0 N–H and O–H groups in total. The molecule has 10 rings (SSSR count). The predicted octanol–water partition coefficient (Wildman–Crippen LogP) is 16.6. The molecule has 1 nitrogen and oxygen atoms in total. The van der Waals surface area contributed by atoms with Crippen molar-refractivity contribution in [3.8, 4) is 106 Å². The maximum Gasteiger partial charge on any atom is 0.100 e. The van der Waals surface area contributed by atoms with Crippen molar-refractivity contribution in [3.63, 3.8) is 0 Å². The quantitative estimate of drug-likeness (QED) is 0.143. The molecule has 10 aromatic rings. The van der Waals surface area contributed by atoms with Gasteiger partial charge in [0.25, 0.3) is 0 Å². The van der Waals surface area contributed by atoms with Gasteiger partial charge in [-0.1, -0.05) is 182 Å². The number of hydrogen-bond acceptors (Lipinski definition) is 1. The van der Waals surface area contributed by atoms with Gasteiger partial charge in [0.1, 0.15) is 6.07 Å². The molecule has 0 heterocycles. The zero-order chi connectivity index (χ0) is 41.7. The first-order valence-electron chi connectivity index (χ1n) is 21.0. The molecule has 0 amide bonds. The average Bonchev–Trinajstić information content (AvgIpc) is 3.37. The first-order chi connectivity index (χ1) is 30.7. The molecular weight excluding hydrogens is 747 g/mol. The third-order valence-electron chi connectivity index (χ3n) is 11.6. The van der Waals surface area contributed by atoms with Gasteiger partial charge in [-0.05, 0) is 156 Å². The molecule has 0 radical (unpaired) electrons. The molecule has 10 aromatic carbocycles. The molecule has 0 spiro atoms. The van der Waals surface area contributed by atoms with Crippen molar-refractivity contribution in [2.45, 2.75) is 0 Å². The lowest BCUT2D eigenvalue weighted by Gasteiger charge is -2.19. The molecule has 0 atom stereocenters. The van der Waals surface area contributed by atoms with E-state index in [2.05, 4.69) is 255 Å². The van der Waals surface area contributed by atoms with E-state index >= 15 is 0 Å². The van der Waals surface area contributed by atoms with Gasteiger partial charge >= 0.3 is 0 Å². The highest BCUT2D eigenvalue weighted by atomic mass is 14.3. The van der Waals surface area contributed by atoms with E-state index in [4.69, 9.17) is 0 Å². The van der Waals surface area contributed by atoms with Crippen LogP contribution in [0.5, 0.6) is 0 Å². The number of hydrogen-bond donors (Lipinski definition) is 0. The molecule has 0 fully saturated rings. The molecule has 290 valence electrons. The Kier molecular flexibility index (Phi) is 10.5. The summed E-state index contributed by atoms with van der Waals surface area (Å²) in [6, 6.07) is 90.9. The van der Waals surface area contributed by atoms with E-state index in [0.717, 1.165) is 100 Å². The van der Waals surface area contributed by atoms with Crippen molar-refractivity contribution in [3.05, 3.63) is 254 Å². The van der Waals surface area contributed by atoms with E-state index in [-0.39, 0.29) is 0 Å². The molecule has 0 aliphatic heterocycles. The lowest BCUT2D eigenvalue weighted by atomic mass is 9.84. The van der Waals surface area contributed by atoms with Crippen LogP contribution in [-0.4, -0.2) is 0 Å². The summed E-state index contributed by atoms with van der Waals surface area (Å²) in [5, 5.41) is 11.5. The Morgan fingerprint density at radius 1 is 0.194 bits per heavy atom. The molecule has 0 aromatic heterocycles. The van der Waals surface area contributed by atoms with E-state index in [0.29, 0.717) is 5.56 Å². The minimum absolute atomic E-state index is 0.629. The van der Waals surface area contributed by atoms with E-state index < -0.39 is 0 Å². The summed E-state index contributed by atoms with van der Waals surface area (Å²) in [6.07, 6.45) is 0. The van der Waals surface area contributed by atoms with E-state index in [1.54, 1.807) is 0 Å². The van der Waals surface area contributed by atoms with Gasteiger partial charge in [-0.2, -0.15) is 5.26 Å². The van der Waals surface area contributed by atoms with E-state index in [1.165, 1.54) is 0 Å². The van der Waals surface area contributed by atoms with Gasteiger partial charge in [-0.3, -0.25) is 0 Å². The molecular formula is C61H41N. The van der Waals surface area contributed by atoms with Crippen LogP contribution in [0, 0.1) is 11.3 Å². The monoisotopic (exact) mass is 787 g/mol. The Hall–Kier alpha value is -8.31. The van der Waals surface area contributed by atoms with Crippen molar-refractivity contribution in [1.29, 1.82) is 5.26 Å². The fraction of sp³-hybridized carbons (Fsp3) is 0. The van der Waals surface area contributed by atoms with Crippen LogP contribution in [0.3, 0.4) is 0 Å². The largest absolute Gasteiger partial charge is 0.192 e. The summed E-state index contributed by atoms with van der Waals surface area (Å²) in [5.41, 5.74) is 19.8. The van der Waals surface area contributed by atoms with Crippen LogP contribution in [-0.2, 0) is 0 Å². The van der Waals surface area contributed by atoms with Crippen LogP contribution in [0.25, 0.3) is 100 Å². The average molecular weight is 788 g/mol. The van der Waals surface area contributed by atoms with Crippen LogP contribution in [0.1, 0.15) is 5.56 Å². The first kappa shape index (κ1) is 37.9. The lowest BCUT2D eigenvalue weighted by molar-refractivity contribution is 1.46. The molecule has 0 saturated heterocycles. The summed E-state index contributed by atoms with van der Waals surface area (Å²) in [5.74, 6) is 0. The summed E-state index contributed by atoms with van der Waals surface area (Å²) < 4.78 is 0. The van der Waals surface area contributed by atoms with Crippen LogP contribution in [0.4, 0.5) is 0 Å². The molecule has 0 unspecified atom stereocenters. The Labute approximate surface area is 364 Å². The third-order valence-corrected chi connectivity index (χ3v) is 11.6. The zero-order valence-corrected chi connectivity index (χ0v) is 34.1. The second-order valence-corrected chi connectivity index (χ2v) is 15.7. The normalized spacial score (nSPS) is 10.9. The predicted molar refractivity (Wildman–Crippen MR) is 260 cm³/mol. The van der Waals surface area contributed by atoms with Gasteiger partial charge in [-0.25, -0.2) is 0 Å². The van der Waals surface area contributed by atoms with Crippen molar-refractivity contribution in [2.75, 3.05) is 0 Å². The summed E-state index contributed by atoms with van der Waals surface area (Å²) >= 11 is 0. The molecule has 0 saturated carbocycles. The van der Waals surface area contributed by atoms with Crippen molar-refractivity contribution >= 4 is 0 Å². The SMILES string of the molecule is N#Cc1c(-c2cc(-c3ccccc3)cc(-c3ccccc3)c2)cc(-c2cc(-c3ccccc3)cc(-c3ccccc3)c2)cc1-c1cc(-c2ccccc2)cc(-c2ccccc2)c1. The maximum absolute atomic E-state index is 11.5. The van der Waals surface area contributed by atoms with Crippen LogP contribution >= 0.6 is 0 Å². The first-order valence-corrected chi connectivity index (χ1v) is 21.0. The number of rotatable bonds is 9. The topological polar surface area (TPSA) is 23.8 Å². The number of nitrogens with zero attached hydrogens (tertiary/aromatic N) is 1. The van der Waals surface area contributed by atoms with Crippen molar-refractivity contribution in [2.24, 2.45) is 0 Å². The van der Waals surface area contributed by atoms with Gasteiger partial charge < -0.3 is 0 Å². The van der Waals surface area contributed by atoms with E-state index in [9.17, 15) is 5.26 Å². The van der Waals surface area contributed by atoms with Gasteiger partial charge in [0.15, 0.2) is 0 Å².